The Kier molecular flexibility index (Phi) is 4.15. The molecule has 124 valence electrons. The van der Waals surface area contributed by atoms with Gasteiger partial charge >= 0.3 is 0 Å². The molecule has 5 nitrogen and oxygen atoms in total. The number of benzene rings is 1. The number of oxime groups is 1. The van der Waals surface area contributed by atoms with E-state index >= 15 is 0 Å². The first-order valence-corrected chi connectivity index (χ1v) is 8.26. The highest BCUT2D eigenvalue weighted by atomic mass is 16.7. The highest BCUT2D eigenvalue weighted by Gasteiger charge is 2.39. The normalized spacial score (nSPS) is 22.4. The van der Waals surface area contributed by atoms with Gasteiger partial charge in [0.15, 0.2) is 0 Å². The highest BCUT2D eigenvalue weighted by Crippen LogP contribution is 2.35. The lowest BCUT2D eigenvalue weighted by Gasteiger charge is -2.41. The summed E-state index contributed by atoms with van der Waals surface area (Å²) in [5, 5.41) is 3.98. The maximum Gasteiger partial charge on any atom is 0.271 e. The summed E-state index contributed by atoms with van der Waals surface area (Å²) in [5.74, 6) is 0.00857. The SMILES string of the molecule is CC1(C)CC(C(=O)N2CCC(CN)(c3ccccc3)CC2)=NO1. The second-order valence-electron chi connectivity index (χ2n) is 7.21. The lowest BCUT2D eigenvalue weighted by molar-refractivity contribution is -0.125. The van der Waals surface area contributed by atoms with E-state index < -0.39 is 0 Å². The van der Waals surface area contributed by atoms with Crippen molar-refractivity contribution in [3.63, 3.8) is 0 Å². The maximum absolute atomic E-state index is 12.6. The van der Waals surface area contributed by atoms with Crippen LogP contribution in [0.4, 0.5) is 0 Å². The summed E-state index contributed by atoms with van der Waals surface area (Å²) < 4.78 is 0. The van der Waals surface area contributed by atoms with Crippen molar-refractivity contribution < 1.29 is 9.63 Å². The Bertz CT molecular complexity index is 602. The molecule has 2 heterocycles. The van der Waals surface area contributed by atoms with Crippen LogP contribution in [0.15, 0.2) is 35.5 Å². The van der Waals surface area contributed by atoms with Crippen LogP contribution in [0.5, 0.6) is 0 Å². The van der Waals surface area contributed by atoms with Crippen LogP contribution in [0.3, 0.4) is 0 Å². The number of hydrogen-bond donors (Lipinski definition) is 1. The van der Waals surface area contributed by atoms with Gasteiger partial charge in [-0.1, -0.05) is 35.5 Å². The number of piperidine rings is 1. The van der Waals surface area contributed by atoms with Crippen molar-refractivity contribution in [1.29, 1.82) is 0 Å². The van der Waals surface area contributed by atoms with Gasteiger partial charge in [-0.3, -0.25) is 4.79 Å². The van der Waals surface area contributed by atoms with Crippen molar-refractivity contribution in [2.24, 2.45) is 10.9 Å². The molecule has 1 aromatic rings. The quantitative estimate of drug-likeness (QED) is 0.928. The Labute approximate surface area is 137 Å². The molecule has 23 heavy (non-hydrogen) atoms. The predicted molar refractivity (Wildman–Crippen MR) is 90.2 cm³/mol. The molecule has 0 atom stereocenters. The number of rotatable bonds is 3. The van der Waals surface area contributed by atoms with Crippen LogP contribution in [0, 0.1) is 0 Å². The van der Waals surface area contributed by atoms with Gasteiger partial charge in [-0.2, -0.15) is 0 Å². The first-order chi connectivity index (χ1) is 11.0. The molecule has 3 rings (SSSR count). The van der Waals surface area contributed by atoms with Crippen molar-refractivity contribution >= 4 is 11.6 Å². The third-order valence-corrected chi connectivity index (χ3v) is 5.03. The third kappa shape index (κ3) is 3.11. The predicted octanol–water partition coefficient (Wildman–Crippen LogP) is 2.06. The second kappa shape index (κ2) is 5.96. The second-order valence-corrected chi connectivity index (χ2v) is 7.21. The molecule has 2 N–H and O–H groups in total. The van der Waals surface area contributed by atoms with Gasteiger partial charge < -0.3 is 15.5 Å². The van der Waals surface area contributed by atoms with Crippen molar-refractivity contribution in [1.82, 2.24) is 4.90 Å². The molecule has 2 aliphatic heterocycles. The minimum Gasteiger partial charge on any atom is -0.389 e. The van der Waals surface area contributed by atoms with E-state index in [-0.39, 0.29) is 16.9 Å². The number of hydrogen-bond acceptors (Lipinski definition) is 4. The van der Waals surface area contributed by atoms with Crippen LogP contribution in [0.25, 0.3) is 0 Å². The van der Waals surface area contributed by atoms with Gasteiger partial charge in [0, 0.05) is 31.5 Å². The van der Waals surface area contributed by atoms with Crippen LogP contribution in [-0.4, -0.2) is 41.8 Å². The van der Waals surface area contributed by atoms with Gasteiger partial charge in [0.25, 0.3) is 5.91 Å². The van der Waals surface area contributed by atoms with Gasteiger partial charge in [-0.15, -0.1) is 0 Å². The fourth-order valence-corrected chi connectivity index (χ4v) is 3.48. The summed E-state index contributed by atoms with van der Waals surface area (Å²) in [5.41, 5.74) is 7.52. The average Bonchev–Trinajstić information content (AvgIpc) is 2.95. The number of carbonyl (C=O) groups excluding carboxylic acids is 1. The molecular weight excluding hydrogens is 290 g/mol. The van der Waals surface area contributed by atoms with Gasteiger partial charge in [0.1, 0.15) is 11.3 Å². The van der Waals surface area contributed by atoms with Crippen LogP contribution >= 0.6 is 0 Å². The number of nitrogens with two attached hydrogens (primary N) is 1. The minimum absolute atomic E-state index is 0.00857. The van der Waals surface area contributed by atoms with Crippen molar-refractivity contribution in [3.05, 3.63) is 35.9 Å². The Balaban J connectivity index is 1.67. The van der Waals surface area contributed by atoms with E-state index in [1.54, 1.807) is 0 Å². The molecule has 1 amide bonds. The highest BCUT2D eigenvalue weighted by molar-refractivity contribution is 6.39. The van der Waals surface area contributed by atoms with E-state index in [1.807, 2.05) is 24.8 Å². The summed E-state index contributed by atoms with van der Waals surface area (Å²) in [4.78, 5) is 19.8. The number of carbonyl (C=O) groups is 1. The van der Waals surface area contributed by atoms with Crippen molar-refractivity contribution in [2.45, 2.75) is 44.1 Å². The van der Waals surface area contributed by atoms with E-state index in [0.29, 0.717) is 31.8 Å². The van der Waals surface area contributed by atoms with Gasteiger partial charge in [0.05, 0.1) is 0 Å². The molecule has 0 spiro atoms. The largest absolute Gasteiger partial charge is 0.389 e. The first kappa shape index (κ1) is 16.0. The van der Waals surface area contributed by atoms with Crippen LogP contribution in [0.2, 0.25) is 0 Å². The van der Waals surface area contributed by atoms with E-state index in [1.165, 1.54) is 5.56 Å². The topological polar surface area (TPSA) is 67.9 Å². The van der Waals surface area contributed by atoms with Crippen LogP contribution in [-0.2, 0) is 15.0 Å². The minimum atomic E-state index is -0.369. The zero-order valence-corrected chi connectivity index (χ0v) is 13.9. The average molecular weight is 315 g/mol. The molecule has 0 bridgehead atoms. The Morgan fingerprint density at radius 3 is 2.43 bits per heavy atom. The fraction of sp³-hybridized carbons (Fsp3) is 0.556. The van der Waals surface area contributed by atoms with E-state index in [0.717, 1.165) is 12.8 Å². The summed E-state index contributed by atoms with van der Waals surface area (Å²) in [6.07, 6.45) is 2.34. The molecular formula is C18H25N3O2. The lowest BCUT2D eigenvalue weighted by Crippen LogP contribution is -2.50. The summed E-state index contributed by atoms with van der Waals surface area (Å²) in [7, 11) is 0. The fourth-order valence-electron chi connectivity index (χ4n) is 3.48. The zero-order valence-electron chi connectivity index (χ0n) is 13.9. The molecule has 1 fully saturated rings. The van der Waals surface area contributed by atoms with Gasteiger partial charge in [0.2, 0.25) is 0 Å². The van der Waals surface area contributed by atoms with E-state index in [4.69, 9.17) is 10.6 Å². The van der Waals surface area contributed by atoms with Gasteiger partial charge in [-0.05, 0) is 32.3 Å². The molecule has 0 unspecified atom stereocenters. The Morgan fingerprint density at radius 2 is 1.91 bits per heavy atom. The molecule has 0 aromatic heterocycles. The number of amides is 1. The standard InChI is InChI=1S/C18H25N3O2/c1-17(2)12-15(20-23-17)16(22)21-10-8-18(13-19,9-11-21)14-6-4-3-5-7-14/h3-7H,8-13,19H2,1-2H3. The van der Waals surface area contributed by atoms with E-state index in [9.17, 15) is 4.79 Å². The Morgan fingerprint density at radius 1 is 1.26 bits per heavy atom. The van der Waals surface area contributed by atoms with Crippen LogP contribution in [0.1, 0.15) is 38.7 Å². The zero-order chi connectivity index (χ0) is 16.5. The molecule has 0 saturated carbocycles. The monoisotopic (exact) mass is 315 g/mol. The van der Waals surface area contributed by atoms with Crippen molar-refractivity contribution in [2.75, 3.05) is 19.6 Å². The Hall–Kier alpha value is -1.88. The summed E-state index contributed by atoms with van der Waals surface area (Å²) in [6.45, 7) is 5.93. The summed E-state index contributed by atoms with van der Waals surface area (Å²) in [6, 6.07) is 10.4. The number of likely N-dealkylation sites (tertiary alicyclic amines) is 1. The lowest BCUT2D eigenvalue weighted by atomic mass is 9.73. The first-order valence-electron chi connectivity index (χ1n) is 8.26. The van der Waals surface area contributed by atoms with E-state index in [2.05, 4.69) is 29.4 Å². The molecule has 1 aromatic carbocycles. The number of nitrogens with zero attached hydrogens (tertiary/aromatic N) is 2. The smallest absolute Gasteiger partial charge is 0.271 e. The molecule has 1 saturated heterocycles. The molecule has 0 aliphatic carbocycles. The van der Waals surface area contributed by atoms with Crippen LogP contribution < -0.4 is 5.73 Å². The molecule has 5 heteroatoms. The summed E-state index contributed by atoms with van der Waals surface area (Å²) >= 11 is 0. The maximum atomic E-state index is 12.6. The molecule has 0 radical (unpaired) electrons. The van der Waals surface area contributed by atoms with Gasteiger partial charge in [-0.25, -0.2) is 0 Å². The third-order valence-electron chi connectivity index (χ3n) is 5.03. The molecule has 2 aliphatic rings. The van der Waals surface area contributed by atoms with Crippen molar-refractivity contribution in [3.8, 4) is 0 Å².